The third kappa shape index (κ3) is 3.53. The van der Waals surface area contributed by atoms with Crippen molar-refractivity contribution >= 4 is 46.7 Å². The summed E-state index contributed by atoms with van der Waals surface area (Å²) in [5, 5.41) is 0. The van der Waals surface area contributed by atoms with Crippen LogP contribution in [0.25, 0.3) is 0 Å². The molecule has 1 amide bonds. The number of benzene rings is 1. The number of amides is 1. The lowest BCUT2D eigenvalue weighted by atomic mass is 9.52. The maximum atomic E-state index is 12.8. The van der Waals surface area contributed by atoms with E-state index in [9.17, 15) is 9.59 Å². The number of hydrogen-bond donors (Lipinski definition) is 0. The lowest BCUT2D eigenvalue weighted by Crippen LogP contribution is -2.62. The minimum atomic E-state index is -1.61. The maximum Gasteiger partial charge on any atom is 0.410 e. The van der Waals surface area contributed by atoms with E-state index in [1.165, 1.54) is 24.0 Å². The topological polar surface area (TPSA) is 46.6 Å². The molecule has 1 aromatic rings. The predicted molar refractivity (Wildman–Crippen MR) is 111 cm³/mol. The number of ketones is 1. The minimum Gasteiger partial charge on any atom is -0.445 e. The van der Waals surface area contributed by atoms with Gasteiger partial charge in [0.15, 0.2) is 5.78 Å². The summed E-state index contributed by atoms with van der Waals surface area (Å²) in [5.41, 5.74) is 3.40. The average Bonchev–Trinajstić information content (AvgIpc) is 2.65. The van der Waals surface area contributed by atoms with Gasteiger partial charge in [-0.15, -0.1) is 0 Å². The molecule has 0 N–H and O–H groups in total. The van der Waals surface area contributed by atoms with Gasteiger partial charge >= 0.3 is 6.09 Å². The number of carbonyl (C=O) groups is 2. The summed E-state index contributed by atoms with van der Waals surface area (Å²) in [5.74, 6) is 0.478. The fourth-order valence-electron chi connectivity index (χ4n) is 5.68. The first-order valence-corrected chi connectivity index (χ1v) is 11.0. The van der Waals surface area contributed by atoms with Crippen molar-refractivity contribution in [3.8, 4) is 0 Å². The van der Waals surface area contributed by atoms with Crippen LogP contribution < -0.4 is 0 Å². The van der Waals surface area contributed by atoms with Crippen LogP contribution in [0.5, 0.6) is 0 Å². The second kappa shape index (κ2) is 7.37. The number of alkyl halides is 3. The van der Waals surface area contributed by atoms with Gasteiger partial charge in [0, 0.05) is 23.6 Å². The summed E-state index contributed by atoms with van der Waals surface area (Å²) in [7, 11) is 0. The highest BCUT2D eigenvalue weighted by Crippen LogP contribution is 2.56. The van der Waals surface area contributed by atoms with Crippen LogP contribution in [-0.4, -0.2) is 39.8 Å². The zero-order valence-electron chi connectivity index (χ0n) is 15.8. The number of ether oxygens (including phenoxy) is 1. The Balaban J connectivity index is 1.67. The molecule has 1 aliphatic heterocycles. The molecule has 4 rings (SSSR count). The van der Waals surface area contributed by atoms with Crippen molar-refractivity contribution in [2.75, 3.05) is 13.2 Å². The largest absolute Gasteiger partial charge is 0.445 e. The van der Waals surface area contributed by atoms with Crippen molar-refractivity contribution in [2.45, 2.75) is 60.7 Å². The molecule has 2 fully saturated rings. The molecular formula is C21H24Cl3NO3. The van der Waals surface area contributed by atoms with E-state index in [0.29, 0.717) is 12.5 Å². The van der Waals surface area contributed by atoms with Crippen LogP contribution in [0.1, 0.15) is 60.5 Å². The minimum absolute atomic E-state index is 0.0496. The third-order valence-electron chi connectivity index (χ3n) is 6.84. The number of carbonyl (C=O) groups excluding carboxylic acids is 2. The Labute approximate surface area is 180 Å². The number of likely N-dealkylation sites (tertiary alicyclic amines) is 1. The summed E-state index contributed by atoms with van der Waals surface area (Å²) < 4.78 is 3.69. The molecule has 152 valence electrons. The molecule has 1 heterocycles. The van der Waals surface area contributed by atoms with Crippen LogP contribution in [0, 0.1) is 5.92 Å². The van der Waals surface area contributed by atoms with Crippen LogP contribution in [0.4, 0.5) is 4.79 Å². The highest BCUT2D eigenvalue weighted by Gasteiger charge is 2.55. The Hall–Kier alpha value is -0.970. The van der Waals surface area contributed by atoms with Gasteiger partial charge in [-0.1, -0.05) is 59.8 Å². The molecule has 4 nitrogen and oxygen atoms in total. The normalized spacial score (nSPS) is 28.9. The fraction of sp³-hybridized carbons (Fsp3) is 0.619. The first kappa shape index (κ1) is 20.3. The molecule has 1 saturated carbocycles. The molecule has 28 heavy (non-hydrogen) atoms. The molecule has 2 aliphatic carbocycles. The second-order valence-electron chi connectivity index (χ2n) is 8.32. The quantitative estimate of drug-likeness (QED) is 0.450. The summed E-state index contributed by atoms with van der Waals surface area (Å²) in [6, 6.07) is 6.18. The number of fused-ring (bicyclic) bond motifs is 1. The molecule has 0 aromatic heterocycles. The highest BCUT2D eigenvalue weighted by atomic mass is 35.6. The Morgan fingerprint density at radius 3 is 2.75 bits per heavy atom. The van der Waals surface area contributed by atoms with E-state index in [1.807, 2.05) is 11.0 Å². The molecule has 0 radical (unpaired) electrons. The van der Waals surface area contributed by atoms with Crippen LogP contribution in [0.2, 0.25) is 0 Å². The van der Waals surface area contributed by atoms with Gasteiger partial charge in [0.25, 0.3) is 0 Å². The lowest BCUT2D eigenvalue weighted by Gasteiger charge is -2.58. The van der Waals surface area contributed by atoms with Crippen LogP contribution in [-0.2, 0) is 16.6 Å². The van der Waals surface area contributed by atoms with Gasteiger partial charge in [-0.05, 0) is 55.7 Å². The van der Waals surface area contributed by atoms with Crippen LogP contribution in [0.15, 0.2) is 18.2 Å². The van der Waals surface area contributed by atoms with E-state index in [4.69, 9.17) is 39.5 Å². The van der Waals surface area contributed by atoms with E-state index in [0.717, 1.165) is 31.2 Å². The summed E-state index contributed by atoms with van der Waals surface area (Å²) >= 11 is 17.2. The summed E-state index contributed by atoms with van der Waals surface area (Å²) in [4.78, 5) is 26.6. The zero-order chi connectivity index (χ0) is 20.1. The number of Topliss-reactive ketones (excluding diaryl/α,β-unsaturated/α-hetero) is 1. The highest BCUT2D eigenvalue weighted by molar-refractivity contribution is 6.67. The SMILES string of the molecule is CC(=O)c1ccc2c(c1)[C@@]13CCCC[C@H]1[C@@H](C2)N(C(=O)OCC(Cl)(Cl)Cl)CC3. The monoisotopic (exact) mass is 443 g/mol. The van der Waals surface area contributed by atoms with E-state index in [2.05, 4.69) is 12.1 Å². The summed E-state index contributed by atoms with van der Waals surface area (Å²) in [6.07, 6.45) is 5.81. The van der Waals surface area contributed by atoms with Crippen molar-refractivity contribution in [1.82, 2.24) is 4.90 Å². The van der Waals surface area contributed by atoms with Crippen molar-refractivity contribution in [2.24, 2.45) is 5.92 Å². The maximum absolute atomic E-state index is 12.8. The molecule has 1 saturated heterocycles. The third-order valence-corrected chi connectivity index (χ3v) is 7.16. The van der Waals surface area contributed by atoms with E-state index < -0.39 is 9.89 Å². The Kier molecular flexibility index (Phi) is 5.35. The molecule has 3 aliphatic rings. The first-order valence-electron chi connectivity index (χ1n) is 9.86. The van der Waals surface area contributed by atoms with Crippen molar-refractivity contribution < 1.29 is 14.3 Å². The number of halogens is 3. The number of hydrogen-bond acceptors (Lipinski definition) is 3. The van der Waals surface area contributed by atoms with Gasteiger partial charge in [0.2, 0.25) is 3.79 Å². The number of nitrogens with zero attached hydrogens (tertiary/aromatic N) is 1. The van der Waals surface area contributed by atoms with Crippen molar-refractivity contribution in [3.05, 3.63) is 34.9 Å². The Morgan fingerprint density at radius 2 is 2.04 bits per heavy atom. The average molecular weight is 445 g/mol. The molecule has 0 unspecified atom stereocenters. The molecule has 2 bridgehead atoms. The lowest BCUT2D eigenvalue weighted by molar-refractivity contribution is -0.0115. The Morgan fingerprint density at radius 1 is 1.25 bits per heavy atom. The van der Waals surface area contributed by atoms with Crippen LogP contribution in [0.3, 0.4) is 0 Å². The predicted octanol–water partition coefficient (Wildman–Crippen LogP) is 5.45. The smallest absolute Gasteiger partial charge is 0.410 e. The molecule has 7 heteroatoms. The summed E-state index contributed by atoms with van der Waals surface area (Å²) in [6.45, 7) is 1.99. The molecule has 0 spiro atoms. The number of rotatable bonds is 2. The van der Waals surface area contributed by atoms with Gasteiger partial charge in [0.05, 0.1) is 0 Å². The van der Waals surface area contributed by atoms with Gasteiger partial charge < -0.3 is 9.64 Å². The number of piperidine rings is 1. The standard InChI is InChI=1S/C21H24Cl3NO3/c1-13(26)14-5-6-15-11-18-16-4-2-3-7-20(16,17(15)10-14)8-9-25(18)19(27)28-12-21(22,23)24/h5-6,10,16,18H,2-4,7-9,11-12H2,1H3/t16-,18+,20+/m0/s1. The molecular weight excluding hydrogens is 421 g/mol. The first-order chi connectivity index (χ1) is 13.2. The zero-order valence-corrected chi connectivity index (χ0v) is 18.1. The molecule has 1 aromatic carbocycles. The van der Waals surface area contributed by atoms with Gasteiger partial charge in [-0.25, -0.2) is 4.79 Å². The van der Waals surface area contributed by atoms with E-state index in [-0.39, 0.29) is 23.8 Å². The van der Waals surface area contributed by atoms with Gasteiger partial charge in [-0.2, -0.15) is 0 Å². The Bertz CT molecular complexity index is 807. The van der Waals surface area contributed by atoms with Gasteiger partial charge in [-0.3, -0.25) is 4.79 Å². The van der Waals surface area contributed by atoms with Crippen molar-refractivity contribution in [3.63, 3.8) is 0 Å². The van der Waals surface area contributed by atoms with E-state index >= 15 is 0 Å². The van der Waals surface area contributed by atoms with Crippen LogP contribution >= 0.6 is 34.8 Å². The molecule has 3 atom stereocenters. The van der Waals surface area contributed by atoms with E-state index in [1.54, 1.807) is 6.92 Å². The second-order valence-corrected chi connectivity index (χ2v) is 10.8. The fourth-order valence-corrected chi connectivity index (χ4v) is 5.84. The van der Waals surface area contributed by atoms with Gasteiger partial charge in [0.1, 0.15) is 6.61 Å². The van der Waals surface area contributed by atoms with Crippen molar-refractivity contribution in [1.29, 1.82) is 0 Å².